The highest BCUT2D eigenvalue weighted by Gasteiger charge is 2.00. The molecular weight excluding hydrogens is 216 g/mol. The van der Waals surface area contributed by atoms with E-state index in [1.165, 1.54) is 11.3 Å². The maximum atomic E-state index is 8.69. The first-order valence-corrected chi connectivity index (χ1v) is 6.65. The minimum Gasteiger partial charge on any atom is -0.384 e. The first-order valence-electron chi connectivity index (χ1n) is 5.49. The molecule has 0 heterocycles. The summed E-state index contributed by atoms with van der Waals surface area (Å²) >= 11 is 1.93. The number of aliphatic hydroxyl groups excluding tert-OH is 1. The van der Waals surface area contributed by atoms with Crippen molar-refractivity contribution < 1.29 is 5.11 Å². The van der Waals surface area contributed by atoms with Crippen LogP contribution in [0.5, 0.6) is 0 Å². The van der Waals surface area contributed by atoms with Gasteiger partial charge >= 0.3 is 0 Å². The average Bonchev–Trinajstić information content (AvgIpc) is 2.27. The summed E-state index contributed by atoms with van der Waals surface area (Å²) in [5.74, 6) is 8.57. The molecule has 0 aliphatic rings. The van der Waals surface area contributed by atoms with Gasteiger partial charge in [0.2, 0.25) is 0 Å². The van der Waals surface area contributed by atoms with E-state index >= 15 is 0 Å². The second-order valence-electron chi connectivity index (χ2n) is 4.03. The summed E-state index contributed by atoms with van der Waals surface area (Å²) in [6.07, 6.45) is 0. The lowest BCUT2D eigenvalue weighted by Crippen LogP contribution is -1.93. The minimum atomic E-state index is -0.0759. The van der Waals surface area contributed by atoms with Gasteiger partial charge in [-0.05, 0) is 23.3 Å². The number of hydrogen-bond donors (Lipinski definition) is 1. The second kappa shape index (κ2) is 7.38. The second-order valence-corrected chi connectivity index (χ2v) is 5.06. The Morgan fingerprint density at radius 1 is 1.31 bits per heavy atom. The number of thioether (sulfide) groups is 1. The minimum absolute atomic E-state index is 0.0759. The van der Waals surface area contributed by atoms with Crippen LogP contribution in [0.15, 0.2) is 24.3 Å². The Morgan fingerprint density at radius 2 is 2.06 bits per heavy atom. The van der Waals surface area contributed by atoms with Crippen LogP contribution in [0, 0.1) is 17.8 Å². The molecule has 1 nitrogen and oxygen atoms in total. The van der Waals surface area contributed by atoms with Gasteiger partial charge in [0.25, 0.3) is 0 Å². The fourth-order valence-corrected chi connectivity index (χ4v) is 2.37. The zero-order chi connectivity index (χ0) is 11.8. The van der Waals surface area contributed by atoms with Gasteiger partial charge in [-0.25, -0.2) is 0 Å². The summed E-state index contributed by atoms with van der Waals surface area (Å²) in [6, 6.07) is 8.13. The third-order valence-electron chi connectivity index (χ3n) is 2.03. The summed E-state index contributed by atoms with van der Waals surface area (Å²) in [6.45, 7) is 4.38. The monoisotopic (exact) mass is 234 g/mol. The van der Waals surface area contributed by atoms with Crippen molar-refractivity contribution in [3.8, 4) is 11.8 Å². The molecule has 0 bridgehead atoms. The molecule has 86 valence electrons. The number of aliphatic hydroxyl groups is 1. The SMILES string of the molecule is CC(C)CSCc1ccccc1C#CCO. The summed E-state index contributed by atoms with van der Waals surface area (Å²) in [7, 11) is 0. The van der Waals surface area contributed by atoms with Crippen LogP contribution in [0.3, 0.4) is 0 Å². The lowest BCUT2D eigenvalue weighted by Gasteiger charge is -2.06. The number of rotatable bonds is 4. The van der Waals surface area contributed by atoms with Crippen molar-refractivity contribution in [3.63, 3.8) is 0 Å². The van der Waals surface area contributed by atoms with Crippen LogP contribution in [-0.2, 0) is 5.75 Å². The zero-order valence-electron chi connectivity index (χ0n) is 9.86. The van der Waals surface area contributed by atoms with Gasteiger partial charge in [0.1, 0.15) is 6.61 Å². The van der Waals surface area contributed by atoms with Gasteiger partial charge < -0.3 is 5.11 Å². The van der Waals surface area contributed by atoms with Crippen LogP contribution >= 0.6 is 11.8 Å². The van der Waals surface area contributed by atoms with E-state index in [9.17, 15) is 0 Å². The van der Waals surface area contributed by atoms with Gasteiger partial charge in [-0.2, -0.15) is 11.8 Å². The maximum Gasteiger partial charge on any atom is 0.104 e. The summed E-state index contributed by atoms with van der Waals surface area (Å²) in [5, 5.41) is 8.69. The van der Waals surface area contributed by atoms with Crippen LogP contribution in [0.1, 0.15) is 25.0 Å². The van der Waals surface area contributed by atoms with E-state index in [1.807, 2.05) is 30.0 Å². The molecule has 2 heteroatoms. The van der Waals surface area contributed by atoms with E-state index in [0.29, 0.717) is 0 Å². The van der Waals surface area contributed by atoms with Crippen molar-refractivity contribution in [1.82, 2.24) is 0 Å². The van der Waals surface area contributed by atoms with Crippen molar-refractivity contribution in [2.24, 2.45) is 5.92 Å². The average molecular weight is 234 g/mol. The van der Waals surface area contributed by atoms with Crippen LogP contribution in [0.4, 0.5) is 0 Å². The van der Waals surface area contributed by atoms with Crippen molar-refractivity contribution in [3.05, 3.63) is 35.4 Å². The Bertz CT molecular complexity index is 374. The maximum absolute atomic E-state index is 8.69. The van der Waals surface area contributed by atoms with E-state index < -0.39 is 0 Å². The van der Waals surface area contributed by atoms with E-state index in [-0.39, 0.29) is 6.61 Å². The molecule has 0 saturated carbocycles. The Morgan fingerprint density at radius 3 is 2.75 bits per heavy atom. The van der Waals surface area contributed by atoms with Crippen LogP contribution in [-0.4, -0.2) is 17.5 Å². The highest BCUT2D eigenvalue weighted by molar-refractivity contribution is 7.98. The molecule has 0 amide bonds. The molecule has 0 spiro atoms. The van der Waals surface area contributed by atoms with Gasteiger partial charge in [-0.1, -0.05) is 43.9 Å². The van der Waals surface area contributed by atoms with Crippen LogP contribution in [0.25, 0.3) is 0 Å². The highest BCUT2D eigenvalue weighted by atomic mass is 32.2. The third kappa shape index (κ3) is 4.74. The fraction of sp³-hybridized carbons (Fsp3) is 0.429. The number of hydrogen-bond acceptors (Lipinski definition) is 2. The van der Waals surface area contributed by atoms with E-state index in [0.717, 1.165) is 17.2 Å². The molecule has 0 unspecified atom stereocenters. The molecular formula is C14H18OS. The Hall–Kier alpha value is -0.910. The fourth-order valence-electron chi connectivity index (χ4n) is 1.31. The summed E-state index contributed by atoms with van der Waals surface area (Å²) < 4.78 is 0. The molecule has 0 saturated heterocycles. The van der Waals surface area contributed by atoms with Gasteiger partial charge in [-0.3, -0.25) is 0 Å². The summed E-state index contributed by atoms with van der Waals surface area (Å²) in [4.78, 5) is 0. The predicted octanol–water partition coefficient (Wildman–Crippen LogP) is 2.92. The molecule has 0 aliphatic heterocycles. The van der Waals surface area contributed by atoms with Gasteiger partial charge in [0.05, 0.1) is 0 Å². The molecule has 0 radical (unpaired) electrons. The molecule has 1 N–H and O–H groups in total. The molecule has 0 aromatic heterocycles. The van der Waals surface area contributed by atoms with Crippen LogP contribution in [0.2, 0.25) is 0 Å². The molecule has 1 aromatic rings. The molecule has 16 heavy (non-hydrogen) atoms. The summed E-state index contributed by atoms with van der Waals surface area (Å²) in [5.41, 5.74) is 2.29. The zero-order valence-corrected chi connectivity index (χ0v) is 10.7. The lowest BCUT2D eigenvalue weighted by molar-refractivity contribution is 0.350. The highest BCUT2D eigenvalue weighted by Crippen LogP contribution is 2.18. The van der Waals surface area contributed by atoms with Gasteiger partial charge in [0.15, 0.2) is 0 Å². The van der Waals surface area contributed by atoms with Crippen molar-refractivity contribution >= 4 is 11.8 Å². The molecule has 1 aromatic carbocycles. The number of benzene rings is 1. The van der Waals surface area contributed by atoms with Crippen molar-refractivity contribution in [2.45, 2.75) is 19.6 Å². The molecule has 0 aliphatic carbocycles. The standard InChI is InChI=1S/C14H18OS/c1-12(2)10-16-11-14-7-4-3-6-13(14)8-5-9-15/h3-4,6-7,12,15H,9-11H2,1-2H3. The molecule has 0 fully saturated rings. The first-order chi connectivity index (χ1) is 7.74. The first kappa shape index (κ1) is 13.2. The predicted molar refractivity (Wildman–Crippen MR) is 71.4 cm³/mol. The Labute approximate surface area is 102 Å². The van der Waals surface area contributed by atoms with Gasteiger partial charge in [-0.15, -0.1) is 0 Å². The Kier molecular flexibility index (Phi) is 6.07. The third-order valence-corrected chi connectivity index (χ3v) is 3.45. The molecule has 0 atom stereocenters. The smallest absolute Gasteiger partial charge is 0.104 e. The topological polar surface area (TPSA) is 20.2 Å². The van der Waals surface area contributed by atoms with E-state index in [4.69, 9.17) is 5.11 Å². The van der Waals surface area contributed by atoms with Crippen molar-refractivity contribution in [1.29, 1.82) is 0 Å². The largest absolute Gasteiger partial charge is 0.384 e. The van der Waals surface area contributed by atoms with E-state index in [1.54, 1.807) is 0 Å². The van der Waals surface area contributed by atoms with Crippen molar-refractivity contribution in [2.75, 3.05) is 12.4 Å². The van der Waals surface area contributed by atoms with Crippen LogP contribution < -0.4 is 0 Å². The van der Waals surface area contributed by atoms with E-state index in [2.05, 4.69) is 31.8 Å². The van der Waals surface area contributed by atoms with Gasteiger partial charge in [0, 0.05) is 11.3 Å². The quantitative estimate of drug-likeness (QED) is 0.808. The normalized spacial score (nSPS) is 10.0. The lowest BCUT2D eigenvalue weighted by atomic mass is 10.1. The Balaban J connectivity index is 2.64. The molecule has 1 rings (SSSR count).